The van der Waals surface area contributed by atoms with Gasteiger partial charge in [0.1, 0.15) is 11.6 Å². The lowest BCUT2D eigenvalue weighted by molar-refractivity contribution is -0.121. The van der Waals surface area contributed by atoms with Crippen molar-refractivity contribution in [3.63, 3.8) is 0 Å². The lowest BCUT2D eigenvalue weighted by Gasteiger charge is -2.31. The highest BCUT2D eigenvalue weighted by Crippen LogP contribution is 2.26. The van der Waals surface area contributed by atoms with E-state index in [1.54, 1.807) is 7.11 Å². The third-order valence-corrected chi connectivity index (χ3v) is 7.34. The number of methoxy groups -OCH3 is 1. The number of ether oxygens (including phenoxy) is 1. The van der Waals surface area contributed by atoms with E-state index in [1.807, 2.05) is 24.3 Å². The lowest BCUT2D eigenvalue weighted by Crippen LogP contribution is -2.38. The Bertz CT molecular complexity index is 955. The molecule has 8 heteroatoms. The first-order valence-corrected chi connectivity index (χ1v) is 11.5. The first-order valence-electron chi connectivity index (χ1n) is 10.0. The largest absolute Gasteiger partial charge is 0.497 e. The Morgan fingerprint density at radius 1 is 1.17 bits per heavy atom. The summed E-state index contributed by atoms with van der Waals surface area (Å²) in [6, 6.07) is 12.5. The summed E-state index contributed by atoms with van der Waals surface area (Å²) < 4.78 is 45.0. The van der Waals surface area contributed by atoms with Crippen LogP contribution in [0.15, 0.2) is 53.4 Å². The molecule has 0 aliphatic carbocycles. The van der Waals surface area contributed by atoms with Crippen LogP contribution in [0.2, 0.25) is 0 Å². The van der Waals surface area contributed by atoms with Crippen molar-refractivity contribution in [1.82, 2.24) is 9.62 Å². The fourth-order valence-corrected chi connectivity index (χ4v) is 5.07. The van der Waals surface area contributed by atoms with E-state index in [-0.39, 0.29) is 10.8 Å². The molecule has 1 heterocycles. The molecule has 2 aromatic carbocycles. The van der Waals surface area contributed by atoms with Crippen LogP contribution in [0, 0.1) is 11.7 Å². The fraction of sp³-hybridized carbons (Fsp3) is 0.409. The van der Waals surface area contributed by atoms with E-state index >= 15 is 0 Å². The SMILES string of the molecule is COc1cccc(CNC(=O)CCC2CCN(S(=O)(=O)c3ccc(F)cc3)CC2)c1. The molecule has 1 aliphatic rings. The zero-order chi connectivity index (χ0) is 21.6. The van der Waals surface area contributed by atoms with Crippen LogP contribution in [0.25, 0.3) is 0 Å². The number of hydrogen-bond acceptors (Lipinski definition) is 4. The number of carbonyl (C=O) groups excluding carboxylic acids is 1. The topological polar surface area (TPSA) is 75.7 Å². The van der Waals surface area contributed by atoms with Gasteiger partial charge in [-0.15, -0.1) is 0 Å². The van der Waals surface area contributed by atoms with Crippen LogP contribution in [-0.4, -0.2) is 38.8 Å². The highest BCUT2D eigenvalue weighted by Gasteiger charge is 2.29. The van der Waals surface area contributed by atoms with Gasteiger partial charge in [-0.2, -0.15) is 4.31 Å². The van der Waals surface area contributed by atoms with Crippen molar-refractivity contribution in [3.8, 4) is 5.75 Å². The molecule has 0 saturated carbocycles. The molecule has 30 heavy (non-hydrogen) atoms. The molecule has 1 N–H and O–H groups in total. The van der Waals surface area contributed by atoms with E-state index in [4.69, 9.17) is 4.74 Å². The van der Waals surface area contributed by atoms with Crippen molar-refractivity contribution < 1.29 is 22.3 Å². The molecule has 162 valence electrons. The summed E-state index contributed by atoms with van der Waals surface area (Å²) in [5, 5.41) is 2.92. The van der Waals surface area contributed by atoms with Gasteiger partial charge in [-0.25, -0.2) is 12.8 Å². The van der Waals surface area contributed by atoms with Crippen molar-refractivity contribution in [2.45, 2.75) is 37.1 Å². The summed E-state index contributed by atoms with van der Waals surface area (Å²) in [4.78, 5) is 12.3. The van der Waals surface area contributed by atoms with Crippen LogP contribution < -0.4 is 10.1 Å². The molecule has 1 fully saturated rings. The van der Waals surface area contributed by atoms with Gasteiger partial charge in [-0.05, 0) is 67.1 Å². The molecule has 6 nitrogen and oxygen atoms in total. The minimum absolute atomic E-state index is 0.0146. The van der Waals surface area contributed by atoms with Crippen molar-refractivity contribution in [2.75, 3.05) is 20.2 Å². The maximum atomic E-state index is 13.1. The van der Waals surface area contributed by atoms with Crippen LogP contribution in [-0.2, 0) is 21.4 Å². The molecule has 0 bridgehead atoms. The predicted molar refractivity (Wildman–Crippen MR) is 112 cm³/mol. The van der Waals surface area contributed by atoms with Crippen LogP contribution in [0.5, 0.6) is 5.75 Å². The molecule has 0 spiro atoms. The van der Waals surface area contributed by atoms with Crippen LogP contribution in [0.3, 0.4) is 0 Å². The molecule has 0 aromatic heterocycles. The molecule has 1 aliphatic heterocycles. The highest BCUT2D eigenvalue weighted by atomic mass is 32.2. The first kappa shape index (κ1) is 22.2. The normalized spacial score (nSPS) is 15.7. The van der Waals surface area contributed by atoms with Gasteiger partial charge in [-0.3, -0.25) is 4.79 Å². The zero-order valence-electron chi connectivity index (χ0n) is 17.0. The number of piperidine rings is 1. The monoisotopic (exact) mass is 434 g/mol. The highest BCUT2D eigenvalue weighted by molar-refractivity contribution is 7.89. The number of rotatable bonds is 8. The number of halogens is 1. The molecule has 1 amide bonds. The maximum Gasteiger partial charge on any atom is 0.243 e. The Kier molecular flexibility index (Phi) is 7.44. The Balaban J connectivity index is 1.42. The molecule has 0 atom stereocenters. The van der Waals surface area contributed by atoms with Gasteiger partial charge in [0.05, 0.1) is 12.0 Å². The molecular weight excluding hydrogens is 407 g/mol. The van der Waals surface area contributed by atoms with Crippen LogP contribution >= 0.6 is 0 Å². The summed E-state index contributed by atoms with van der Waals surface area (Å²) in [5.41, 5.74) is 0.974. The number of amides is 1. The first-order chi connectivity index (χ1) is 14.4. The second kappa shape index (κ2) is 10.0. The molecule has 1 saturated heterocycles. The van der Waals surface area contributed by atoms with Crippen LogP contribution in [0.4, 0.5) is 4.39 Å². The zero-order valence-corrected chi connectivity index (χ0v) is 17.8. The molecule has 3 rings (SSSR count). The third kappa shape index (κ3) is 5.79. The number of carbonyl (C=O) groups is 1. The molecule has 0 radical (unpaired) electrons. The van der Waals surface area contributed by atoms with Crippen molar-refractivity contribution >= 4 is 15.9 Å². The second-order valence-electron chi connectivity index (χ2n) is 7.47. The second-order valence-corrected chi connectivity index (χ2v) is 9.41. The van der Waals surface area contributed by atoms with E-state index in [2.05, 4.69) is 5.32 Å². The van der Waals surface area contributed by atoms with Crippen molar-refractivity contribution in [3.05, 3.63) is 59.9 Å². The van der Waals surface area contributed by atoms with Gasteiger partial charge in [0.15, 0.2) is 0 Å². The van der Waals surface area contributed by atoms with Gasteiger partial charge < -0.3 is 10.1 Å². The number of hydrogen-bond donors (Lipinski definition) is 1. The molecule has 0 unspecified atom stereocenters. The van der Waals surface area contributed by atoms with E-state index in [9.17, 15) is 17.6 Å². The maximum absolute atomic E-state index is 13.1. The number of nitrogens with one attached hydrogen (secondary N) is 1. The molecular formula is C22H27FN2O4S. The smallest absolute Gasteiger partial charge is 0.243 e. The Morgan fingerprint density at radius 3 is 2.53 bits per heavy atom. The van der Waals surface area contributed by atoms with Crippen molar-refractivity contribution in [2.24, 2.45) is 5.92 Å². The average molecular weight is 435 g/mol. The minimum Gasteiger partial charge on any atom is -0.497 e. The van der Waals surface area contributed by atoms with Crippen LogP contribution in [0.1, 0.15) is 31.2 Å². The van der Waals surface area contributed by atoms with Gasteiger partial charge in [0.25, 0.3) is 0 Å². The minimum atomic E-state index is -3.60. The Hall–Kier alpha value is -2.45. The standard InChI is InChI=1S/C22H27FN2O4S/c1-29-20-4-2-3-18(15-20)16-24-22(26)10-5-17-11-13-25(14-12-17)30(27,28)21-8-6-19(23)7-9-21/h2-4,6-9,15,17H,5,10-14,16H2,1H3,(H,24,26). The fourth-order valence-electron chi connectivity index (χ4n) is 3.60. The van der Waals surface area contributed by atoms with Crippen molar-refractivity contribution in [1.29, 1.82) is 0 Å². The van der Waals surface area contributed by atoms with E-state index in [0.29, 0.717) is 44.8 Å². The van der Waals surface area contributed by atoms with Gasteiger partial charge in [0.2, 0.25) is 15.9 Å². The van der Waals surface area contributed by atoms with E-state index < -0.39 is 15.8 Å². The third-order valence-electron chi connectivity index (χ3n) is 5.43. The summed E-state index contributed by atoms with van der Waals surface area (Å²) in [6.45, 7) is 1.27. The Morgan fingerprint density at radius 2 is 1.87 bits per heavy atom. The predicted octanol–water partition coefficient (Wildman–Crippen LogP) is 3.33. The quantitative estimate of drug-likeness (QED) is 0.692. The average Bonchev–Trinajstić information content (AvgIpc) is 2.77. The number of benzene rings is 2. The van der Waals surface area contributed by atoms with Gasteiger partial charge >= 0.3 is 0 Å². The van der Waals surface area contributed by atoms with Gasteiger partial charge in [0, 0.05) is 26.1 Å². The molecule has 2 aromatic rings. The summed E-state index contributed by atoms with van der Waals surface area (Å²) in [7, 11) is -2.00. The van der Waals surface area contributed by atoms with E-state index in [1.165, 1.54) is 16.4 Å². The summed E-state index contributed by atoms with van der Waals surface area (Å²) >= 11 is 0. The summed E-state index contributed by atoms with van der Waals surface area (Å²) in [6.07, 6.45) is 2.57. The summed E-state index contributed by atoms with van der Waals surface area (Å²) in [5.74, 6) is 0.591. The Labute approximate surface area is 177 Å². The van der Waals surface area contributed by atoms with Gasteiger partial charge in [-0.1, -0.05) is 12.1 Å². The van der Waals surface area contributed by atoms with E-state index in [0.717, 1.165) is 29.9 Å². The number of sulfonamides is 1. The lowest BCUT2D eigenvalue weighted by atomic mass is 9.93. The number of nitrogens with zero attached hydrogens (tertiary/aromatic N) is 1.